The second kappa shape index (κ2) is 9.80. The highest BCUT2D eigenvalue weighted by Crippen LogP contribution is 2.36. The summed E-state index contributed by atoms with van der Waals surface area (Å²) >= 11 is 0. The molecule has 1 amide bonds. The van der Waals surface area contributed by atoms with Crippen molar-refractivity contribution in [3.8, 4) is 0 Å². The van der Waals surface area contributed by atoms with Crippen LogP contribution in [-0.4, -0.2) is 44.0 Å². The predicted molar refractivity (Wildman–Crippen MR) is 126 cm³/mol. The number of amides is 1. The zero-order chi connectivity index (χ0) is 25.1. The molecule has 0 fully saturated rings. The molecule has 178 valence electrons. The number of benzene rings is 3. The molecular formula is C27H23NO7. The summed E-state index contributed by atoms with van der Waals surface area (Å²) in [6.45, 7) is 0.167. The van der Waals surface area contributed by atoms with Crippen LogP contribution in [0.5, 0.6) is 0 Å². The molecule has 3 aromatic carbocycles. The highest BCUT2D eigenvalue weighted by molar-refractivity contribution is 6.10. The quantitative estimate of drug-likeness (QED) is 0.460. The molecule has 0 unspecified atom stereocenters. The minimum Gasteiger partial charge on any atom is -0.478 e. The number of aryl methyl sites for hydroxylation is 1. The van der Waals surface area contributed by atoms with Crippen molar-refractivity contribution in [3.05, 3.63) is 106 Å². The van der Waals surface area contributed by atoms with Gasteiger partial charge in [0, 0.05) is 6.54 Å². The number of rotatable bonds is 7. The Hall–Kier alpha value is -4.46. The molecular weight excluding hydrogens is 450 g/mol. The molecule has 8 heteroatoms. The maximum absolute atomic E-state index is 14.0. The van der Waals surface area contributed by atoms with Crippen molar-refractivity contribution < 1.29 is 34.5 Å². The van der Waals surface area contributed by atoms with E-state index in [2.05, 4.69) is 0 Å². The molecule has 1 aliphatic carbocycles. The van der Waals surface area contributed by atoms with Gasteiger partial charge in [0.25, 0.3) is 5.91 Å². The molecule has 0 saturated heterocycles. The van der Waals surface area contributed by atoms with Gasteiger partial charge in [0.15, 0.2) is 0 Å². The van der Waals surface area contributed by atoms with Crippen molar-refractivity contribution in [2.75, 3.05) is 0 Å². The molecule has 4 rings (SSSR count). The van der Waals surface area contributed by atoms with Crippen LogP contribution >= 0.6 is 0 Å². The number of carbonyl (C=O) groups excluding carboxylic acids is 1. The number of fused-ring (bicyclic) bond motifs is 1. The van der Waals surface area contributed by atoms with Gasteiger partial charge in [-0.2, -0.15) is 0 Å². The Morgan fingerprint density at radius 3 is 1.91 bits per heavy atom. The summed E-state index contributed by atoms with van der Waals surface area (Å²) in [6, 6.07) is 18.2. The maximum atomic E-state index is 14.0. The first kappa shape index (κ1) is 23.7. The molecule has 1 aliphatic rings. The smallest absolute Gasteiger partial charge is 0.336 e. The number of aromatic carboxylic acids is 3. The van der Waals surface area contributed by atoms with Gasteiger partial charge in [0.05, 0.1) is 28.3 Å². The lowest BCUT2D eigenvalue weighted by atomic mass is 9.86. The van der Waals surface area contributed by atoms with Crippen LogP contribution in [0, 0.1) is 0 Å². The predicted octanol–water partition coefficient (Wildman–Crippen LogP) is 4.50. The fourth-order valence-corrected chi connectivity index (χ4v) is 4.62. The lowest BCUT2D eigenvalue weighted by molar-refractivity contribution is 0.0611. The van der Waals surface area contributed by atoms with E-state index in [9.17, 15) is 34.5 Å². The fraction of sp³-hybridized carbons (Fsp3) is 0.185. The van der Waals surface area contributed by atoms with E-state index in [0.717, 1.165) is 41.7 Å². The van der Waals surface area contributed by atoms with Crippen LogP contribution in [0.3, 0.4) is 0 Å². The SMILES string of the molecule is O=C(O)c1cc(C(=O)O)c(C(=O)N(Cc2ccccc2)[C@H]2CCCc3ccccc32)cc1C(=O)O. The van der Waals surface area contributed by atoms with Crippen molar-refractivity contribution in [2.45, 2.75) is 31.8 Å². The normalized spacial score (nSPS) is 14.6. The molecule has 0 bridgehead atoms. The molecule has 8 nitrogen and oxygen atoms in total. The number of hydrogen-bond acceptors (Lipinski definition) is 4. The second-order valence-electron chi connectivity index (χ2n) is 8.38. The van der Waals surface area contributed by atoms with E-state index in [1.54, 1.807) is 4.90 Å². The highest BCUT2D eigenvalue weighted by Gasteiger charge is 2.33. The van der Waals surface area contributed by atoms with E-state index in [0.29, 0.717) is 6.42 Å². The Kier molecular flexibility index (Phi) is 6.64. The molecule has 0 aromatic heterocycles. The lowest BCUT2D eigenvalue weighted by Gasteiger charge is -2.36. The average Bonchev–Trinajstić information content (AvgIpc) is 2.86. The van der Waals surface area contributed by atoms with E-state index < -0.39 is 40.5 Å². The fourth-order valence-electron chi connectivity index (χ4n) is 4.62. The topological polar surface area (TPSA) is 132 Å². The van der Waals surface area contributed by atoms with Gasteiger partial charge in [-0.1, -0.05) is 54.6 Å². The molecule has 3 aromatic rings. The minimum atomic E-state index is -1.59. The van der Waals surface area contributed by atoms with Crippen molar-refractivity contribution in [1.29, 1.82) is 0 Å². The van der Waals surface area contributed by atoms with Crippen LogP contribution in [0.4, 0.5) is 0 Å². The summed E-state index contributed by atoms with van der Waals surface area (Å²) in [5, 5.41) is 28.8. The van der Waals surface area contributed by atoms with Crippen LogP contribution < -0.4 is 0 Å². The lowest BCUT2D eigenvalue weighted by Crippen LogP contribution is -2.37. The first-order valence-electron chi connectivity index (χ1n) is 11.1. The van der Waals surface area contributed by atoms with Gasteiger partial charge >= 0.3 is 17.9 Å². The van der Waals surface area contributed by atoms with Crippen LogP contribution in [0.2, 0.25) is 0 Å². The monoisotopic (exact) mass is 473 g/mol. The van der Waals surface area contributed by atoms with E-state index in [1.807, 2.05) is 54.6 Å². The van der Waals surface area contributed by atoms with Gasteiger partial charge in [0.1, 0.15) is 0 Å². The largest absolute Gasteiger partial charge is 0.478 e. The highest BCUT2D eigenvalue weighted by atomic mass is 16.4. The molecule has 0 radical (unpaired) electrons. The number of hydrogen-bond donors (Lipinski definition) is 3. The summed E-state index contributed by atoms with van der Waals surface area (Å²) in [5.41, 5.74) is 0.625. The number of carbonyl (C=O) groups is 4. The first-order valence-corrected chi connectivity index (χ1v) is 11.1. The van der Waals surface area contributed by atoms with Crippen LogP contribution in [-0.2, 0) is 13.0 Å². The molecule has 35 heavy (non-hydrogen) atoms. The van der Waals surface area contributed by atoms with Gasteiger partial charge in [-0.25, -0.2) is 14.4 Å². The van der Waals surface area contributed by atoms with Gasteiger partial charge in [-0.3, -0.25) is 4.79 Å². The Balaban J connectivity index is 1.88. The van der Waals surface area contributed by atoms with Crippen molar-refractivity contribution in [3.63, 3.8) is 0 Å². The second-order valence-corrected chi connectivity index (χ2v) is 8.38. The molecule has 0 saturated carbocycles. The third-order valence-electron chi connectivity index (χ3n) is 6.25. The minimum absolute atomic E-state index is 0.167. The standard InChI is InChI=1S/C27H23NO7/c29-24(19-13-21(26(32)33)22(27(34)35)14-20(19)25(30)31)28(15-16-7-2-1-3-8-16)23-12-6-10-17-9-4-5-11-18(17)23/h1-5,7-9,11,13-14,23H,6,10,12,15H2,(H,30,31)(H,32,33)(H,34,35)/t23-/m0/s1. The van der Waals surface area contributed by atoms with E-state index in [-0.39, 0.29) is 18.2 Å². The van der Waals surface area contributed by atoms with Crippen molar-refractivity contribution in [1.82, 2.24) is 4.90 Å². The number of nitrogens with zero attached hydrogens (tertiary/aromatic N) is 1. The van der Waals surface area contributed by atoms with Gasteiger partial charge < -0.3 is 20.2 Å². The third-order valence-corrected chi connectivity index (χ3v) is 6.25. The summed E-state index contributed by atoms with van der Waals surface area (Å²) in [6.07, 6.45) is 2.33. The van der Waals surface area contributed by atoms with E-state index in [4.69, 9.17) is 0 Å². The zero-order valence-electron chi connectivity index (χ0n) is 18.7. The third kappa shape index (κ3) is 4.77. The summed E-state index contributed by atoms with van der Waals surface area (Å²) in [7, 11) is 0. The maximum Gasteiger partial charge on any atom is 0.336 e. The molecule has 3 N–H and O–H groups in total. The zero-order valence-corrected chi connectivity index (χ0v) is 18.7. The van der Waals surface area contributed by atoms with Gasteiger partial charge in [-0.15, -0.1) is 0 Å². The number of carboxylic acids is 3. The van der Waals surface area contributed by atoms with Gasteiger partial charge in [0.2, 0.25) is 0 Å². The average molecular weight is 473 g/mol. The molecule has 1 atom stereocenters. The van der Waals surface area contributed by atoms with Crippen molar-refractivity contribution >= 4 is 23.8 Å². The van der Waals surface area contributed by atoms with Crippen molar-refractivity contribution in [2.24, 2.45) is 0 Å². The van der Waals surface area contributed by atoms with E-state index in [1.165, 1.54) is 0 Å². The van der Waals surface area contributed by atoms with Crippen LogP contribution in [0.1, 0.15) is 77.0 Å². The summed E-state index contributed by atoms with van der Waals surface area (Å²) in [5.74, 6) is -5.35. The summed E-state index contributed by atoms with van der Waals surface area (Å²) in [4.78, 5) is 50.9. The Morgan fingerprint density at radius 2 is 1.29 bits per heavy atom. The van der Waals surface area contributed by atoms with Crippen LogP contribution in [0.25, 0.3) is 0 Å². The summed E-state index contributed by atoms with van der Waals surface area (Å²) < 4.78 is 0. The molecule has 0 spiro atoms. The van der Waals surface area contributed by atoms with Crippen LogP contribution in [0.15, 0.2) is 66.7 Å². The Labute approximate surface area is 201 Å². The van der Waals surface area contributed by atoms with E-state index >= 15 is 0 Å². The Morgan fingerprint density at radius 1 is 0.743 bits per heavy atom. The Bertz CT molecular complexity index is 1320. The number of carboxylic acid groups (broad SMARTS) is 3. The molecule has 0 aliphatic heterocycles. The van der Waals surface area contributed by atoms with Gasteiger partial charge in [-0.05, 0) is 48.1 Å². The first-order chi connectivity index (χ1) is 16.8. The molecule has 0 heterocycles.